The topological polar surface area (TPSA) is 0 Å². The standard InChI is InChI=1S/2C28H29.C12H7Si.2ClH.Zr/c2*1-5-11-20-18-22-16-17-26(28(2,3)4)27(25(22)19-20)24-15-10-9-14-23(24)21-12-7-6-8-13-21;1-3-7-11-9(5-1)10-6-2-4-8-12(10)13-11;;;/h2*6-10,12-19H,5,11H2,1-4H3;1-7H;2*1H;/q3*-1;;;+2/p-2. The van der Waals surface area contributed by atoms with Crippen LogP contribution in [-0.2, 0) is 44.5 Å². The van der Waals surface area contributed by atoms with Crippen molar-refractivity contribution in [2.75, 3.05) is 0 Å². The van der Waals surface area contributed by atoms with Crippen molar-refractivity contribution in [2.24, 2.45) is 0 Å². The average Bonchev–Trinajstić information content (AvgIpc) is 4.12. The Bertz CT molecular complexity index is 3140. The maximum absolute atomic E-state index is 4.93. The van der Waals surface area contributed by atoms with E-state index in [1.807, 2.05) is 6.07 Å². The molecule has 72 heavy (non-hydrogen) atoms. The van der Waals surface area contributed by atoms with Gasteiger partial charge in [-0.05, 0) is 57.1 Å². The summed E-state index contributed by atoms with van der Waals surface area (Å²) in [6.45, 7) is 18.4. The van der Waals surface area contributed by atoms with E-state index in [1.54, 1.807) is 0 Å². The van der Waals surface area contributed by atoms with Crippen molar-refractivity contribution in [1.29, 1.82) is 0 Å². The minimum Gasteiger partial charge on any atom is -0.184 e. The molecule has 1 aliphatic heterocycles. The van der Waals surface area contributed by atoms with Crippen LogP contribution in [0.25, 0.3) is 77.2 Å². The van der Waals surface area contributed by atoms with Crippen LogP contribution < -0.4 is 10.4 Å². The van der Waals surface area contributed by atoms with E-state index in [2.05, 4.69) is 256 Å². The van der Waals surface area contributed by atoms with Gasteiger partial charge in [-0.1, -0.05) is 235 Å². The summed E-state index contributed by atoms with van der Waals surface area (Å²) in [4.78, 5) is 0. The van der Waals surface area contributed by atoms with Crippen molar-refractivity contribution in [3.8, 4) is 55.6 Å². The number of hydrogen-bond donors (Lipinski definition) is 0. The second-order valence-electron chi connectivity index (χ2n) is 20.7. The van der Waals surface area contributed by atoms with Crippen LogP contribution in [0.15, 0.2) is 200 Å². The summed E-state index contributed by atoms with van der Waals surface area (Å²) in [5.74, 6) is 0. The van der Waals surface area contributed by atoms with Gasteiger partial charge in [0, 0.05) is 0 Å². The fraction of sp³-hybridized carbons (Fsp3) is 0.206. The summed E-state index contributed by atoms with van der Waals surface area (Å²) >= 11 is -0.826. The Balaban J connectivity index is 0.000000149. The Morgan fingerprint density at radius 3 is 1.28 bits per heavy atom. The predicted molar refractivity (Wildman–Crippen MR) is 314 cm³/mol. The molecule has 10 aromatic rings. The van der Waals surface area contributed by atoms with Gasteiger partial charge in [-0.2, -0.15) is 41.6 Å². The zero-order valence-electron chi connectivity index (χ0n) is 43.1. The van der Waals surface area contributed by atoms with Crippen molar-refractivity contribution in [1.82, 2.24) is 0 Å². The van der Waals surface area contributed by atoms with E-state index in [-0.39, 0.29) is 10.8 Å². The number of benzene rings is 8. The molecular formula is C68H65Cl2SiZr-3. The van der Waals surface area contributed by atoms with Crippen molar-refractivity contribution in [3.05, 3.63) is 229 Å². The first-order chi connectivity index (χ1) is 34.8. The van der Waals surface area contributed by atoms with Crippen LogP contribution in [0.2, 0.25) is 0 Å². The smallest absolute Gasteiger partial charge is 0.0920 e. The first-order valence-electron chi connectivity index (χ1n) is 25.4. The summed E-state index contributed by atoms with van der Waals surface area (Å²) in [5.41, 5.74) is 19.3. The fourth-order valence-corrected chi connectivity index (χ4v) is 11.6. The molecule has 362 valence electrons. The van der Waals surface area contributed by atoms with Gasteiger partial charge in [0.1, 0.15) is 0 Å². The molecule has 2 radical (unpaired) electrons. The Kier molecular flexibility index (Phi) is 17.8. The summed E-state index contributed by atoms with van der Waals surface area (Å²) in [6, 6.07) is 76.3. The molecule has 1 aliphatic rings. The first-order valence-corrected chi connectivity index (χ1v) is 32.8. The number of aryl methyl sites for hydroxylation is 2. The Labute approximate surface area is 451 Å². The average molecular weight is 1070 g/mol. The van der Waals surface area contributed by atoms with Crippen LogP contribution in [-0.4, -0.2) is 9.52 Å². The minimum absolute atomic E-state index is 0.0789. The maximum atomic E-state index is 4.93. The SMILES string of the molecule is CCCc1cc2c(-c3ccccc3-c3ccccc3)c(C(C)(C)C)ccc2[cH-]1.CCCc1cc2c(-c3ccccc3-c3ccccc3)c(C(C)(C)C)ccc2[cH-]1.[Cl][Zr][Cl].[c-]1cccc2c1[Si]c1ccccc1-2. The van der Waals surface area contributed by atoms with E-state index in [1.165, 1.54) is 123 Å². The largest absolute Gasteiger partial charge is 0.184 e. The summed E-state index contributed by atoms with van der Waals surface area (Å²) in [6.07, 6.45) is 4.63. The van der Waals surface area contributed by atoms with Gasteiger partial charge in [0.05, 0.1) is 9.52 Å². The van der Waals surface area contributed by atoms with Gasteiger partial charge in [-0.15, -0.1) is 74.6 Å². The minimum atomic E-state index is -0.826. The molecule has 0 amide bonds. The zero-order valence-corrected chi connectivity index (χ0v) is 48.1. The Morgan fingerprint density at radius 1 is 0.458 bits per heavy atom. The van der Waals surface area contributed by atoms with E-state index < -0.39 is 20.8 Å². The molecular weight excluding hydrogens is 1010 g/mol. The Hall–Kier alpha value is -5.34. The van der Waals surface area contributed by atoms with Crippen molar-refractivity contribution >= 4 is 58.5 Å². The zero-order chi connectivity index (χ0) is 50.8. The van der Waals surface area contributed by atoms with Crippen LogP contribution in [0.4, 0.5) is 0 Å². The second-order valence-corrected chi connectivity index (χ2v) is 25.8. The quantitative estimate of drug-likeness (QED) is 0.105. The Morgan fingerprint density at radius 2 is 0.847 bits per heavy atom. The monoisotopic (exact) mass is 1070 g/mol. The number of halogens is 2. The van der Waals surface area contributed by atoms with Gasteiger partial charge in [0.15, 0.2) is 0 Å². The van der Waals surface area contributed by atoms with E-state index in [9.17, 15) is 0 Å². The van der Waals surface area contributed by atoms with Crippen molar-refractivity contribution in [2.45, 2.75) is 91.9 Å². The molecule has 0 bridgehead atoms. The van der Waals surface area contributed by atoms with Gasteiger partial charge in [-0.3, -0.25) is 0 Å². The van der Waals surface area contributed by atoms with Crippen LogP contribution in [0.1, 0.15) is 90.5 Å². The van der Waals surface area contributed by atoms with Crippen LogP contribution >= 0.6 is 17.0 Å². The van der Waals surface area contributed by atoms with E-state index in [0.717, 1.165) is 22.4 Å². The molecule has 0 aromatic heterocycles. The fourth-order valence-electron chi connectivity index (χ4n) is 10.3. The molecule has 0 saturated heterocycles. The molecule has 0 unspecified atom stereocenters. The van der Waals surface area contributed by atoms with Crippen LogP contribution in [0, 0.1) is 6.07 Å². The van der Waals surface area contributed by atoms with Crippen molar-refractivity contribution < 1.29 is 20.8 Å². The maximum Gasteiger partial charge on any atom is 0.0920 e. The molecule has 0 N–H and O–H groups in total. The van der Waals surface area contributed by atoms with Crippen LogP contribution in [0.5, 0.6) is 0 Å². The van der Waals surface area contributed by atoms with Crippen molar-refractivity contribution in [3.63, 3.8) is 0 Å². The molecule has 10 aromatic carbocycles. The third-order valence-electron chi connectivity index (χ3n) is 13.5. The molecule has 0 nitrogen and oxygen atoms in total. The van der Waals surface area contributed by atoms with Gasteiger partial charge < -0.3 is 0 Å². The molecule has 0 fully saturated rings. The van der Waals surface area contributed by atoms with Gasteiger partial charge in [0.2, 0.25) is 0 Å². The normalized spacial score (nSPS) is 11.6. The molecule has 0 saturated carbocycles. The summed E-state index contributed by atoms with van der Waals surface area (Å²) in [5, 5.41) is 8.31. The molecule has 1 heterocycles. The van der Waals surface area contributed by atoms with E-state index in [4.69, 9.17) is 17.0 Å². The van der Waals surface area contributed by atoms with Crippen LogP contribution in [0.3, 0.4) is 0 Å². The number of rotatable bonds is 8. The summed E-state index contributed by atoms with van der Waals surface area (Å²) < 4.78 is 0. The van der Waals surface area contributed by atoms with Gasteiger partial charge >= 0.3 is 37.9 Å². The molecule has 0 aliphatic carbocycles. The molecule has 11 rings (SSSR count). The number of fused-ring (bicyclic) bond motifs is 5. The second kappa shape index (κ2) is 24.1. The summed E-state index contributed by atoms with van der Waals surface area (Å²) in [7, 11) is 10.7. The molecule has 4 heteroatoms. The van der Waals surface area contributed by atoms with E-state index >= 15 is 0 Å². The first kappa shape index (κ1) is 53.0. The van der Waals surface area contributed by atoms with E-state index in [0.29, 0.717) is 0 Å². The number of hydrogen-bond acceptors (Lipinski definition) is 0. The third kappa shape index (κ3) is 12.2. The van der Waals surface area contributed by atoms with Gasteiger partial charge in [-0.25, -0.2) is 0 Å². The molecule has 0 spiro atoms. The predicted octanol–water partition coefficient (Wildman–Crippen LogP) is 18.8. The third-order valence-corrected chi connectivity index (χ3v) is 14.9. The van der Waals surface area contributed by atoms with Gasteiger partial charge in [0.25, 0.3) is 0 Å². The molecule has 0 atom stereocenters.